The maximum absolute atomic E-state index is 12.3. The molecule has 3 rings (SSSR count). The lowest BCUT2D eigenvalue weighted by atomic mass is 10.2. The Balaban J connectivity index is 1.59. The van der Waals surface area contributed by atoms with Gasteiger partial charge in [-0.2, -0.15) is 0 Å². The molecule has 150 valence electrons. The number of esters is 1. The van der Waals surface area contributed by atoms with Crippen molar-refractivity contribution in [1.82, 2.24) is 0 Å². The van der Waals surface area contributed by atoms with Gasteiger partial charge in [-0.3, -0.25) is 5.32 Å². The molecule has 0 spiro atoms. The Kier molecular flexibility index (Phi) is 6.61. The van der Waals surface area contributed by atoms with Gasteiger partial charge in [-0.1, -0.05) is 30.0 Å². The summed E-state index contributed by atoms with van der Waals surface area (Å²) < 4.78 is 5.38. The molecule has 5 nitrogen and oxygen atoms in total. The summed E-state index contributed by atoms with van der Waals surface area (Å²) in [5.74, 6) is -0.462. The van der Waals surface area contributed by atoms with E-state index in [0.717, 1.165) is 9.79 Å². The van der Waals surface area contributed by atoms with Gasteiger partial charge in [0.25, 0.3) is 0 Å². The van der Waals surface area contributed by atoms with Crippen LogP contribution in [0.2, 0.25) is 0 Å². The van der Waals surface area contributed by atoms with Crippen LogP contribution < -0.4 is 10.6 Å². The number of amides is 2. The van der Waals surface area contributed by atoms with E-state index in [1.807, 2.05) is 54.6 Å². The fraction of sp³-hybridized carbons (Fsp3) is 0.182. The molecular formula is C22H22N2O3S2. The van der Waals surface area contributed by atoms with E-state index in [0.29, 0.717) is 16.3 Å². The Morgan fingerprint density at radius 2 is 1.55 bits per heavy atom. The topological polar surface area (TPSA) is 67.4 Å². The number of carbonyl (C=O) groups is 2. The van der Waals surface area contributed by atoms with E-state index < -0.39 is 17.6 Å². The number of urea groups is 1. The zero-order chi connectivity index (χ0) is 20.9. The van der Waals surface area contributed by atoms with Gasteiger partial charge in [0.05, 0.1) is 5.56 Å². The van der Waals surface area contributed by atoms with Crippen molar-refractivity contribution in [3.63, 3.8) is 0 Å². The Bertz CT molecular complexity index is 977. The number of nitrogens with one attached hydrogen (secondary N) is 2. The lowest BCUT2D eigenvalue weighted by Gasteiger charge is -2.19. The number of ether oxygens (including phenoxy) is 1. The summed E-state index contributed by atoms with van der Waals surface area (Å²) in [5, 5.41) is 7.70. The Labute approximate surface area is 178 Å². The molecule has 0 unspecified atom stereocenters. The number of thiophene rings is 1. The van der Waals surface area contributed by atoms with Crippen LogP contribution in [-0.4, -0.2) is 17.6 Å². The summed E-state index contributed by atoms with van der Waals surface area (Å²) in [5.41, 5.74) is 0.405. The van der Waals surface area contributed by atoms with Crippen molar-refractivity contribution in [3.8, 4) is 0 Å². The first-order chi connectivity index (χ1) is 13.8. The molecule has 0 bridgehead atoms. The van der Waals surface area contributed by atoms with Gasteiger partial charge in [0, 0.05) is 15.5 Å². The molecule has 0 aliphatic heterocycles. The highest BCUT2D eigenvalue weighted by Gasteiger charge is 2.22. The van der Waals surface area contributed by atoms with Crippen LogP contribution in [-0.2, 0) is 4.74 Å². The van der Waals surface area contributed by atoms with Gasteiger partial charge in [0.2, 0.25) is 0 Å². The molecule has 0 fully saturated rings. The van der Waals surface area contributed by atoms with Crippen LogP contribution in [0.1, 0.15) is 31.1 Å². The Hall–Kier alpha value is -2.77. The minimum atomic E-state index is -0.599. The average molecular weight is 427 g/mol. The number of anilines is 2. The molecule has 2 aromatic carbocycles. The minimum Gasteiger partial charge on any atom is -0.456 e. The third-order valence-corrected chi connectivity index (χ3v) is 5.45. The maximum atomic E-state index is 12.3. The maximum Gasteiger partial charge on any atom is 0.341 e. The highest BCUT2D eigenvalue weighted by Crippen LogP contribution is 2.29. The van der Waals surface area contributed by atoms with E-state index >= 15 is 0 Å². The first kappa shape index (κ1) is 21.0. The van der Waals surface area contributed by atoms with E-state index in [-0.39, 0.29) is 0 Å². The summed E-state index contributed by atoms with van der Waals surface area (Å²) in [6.07, 6.45) is 0. The van der Waals surface area contributed by atoms with Crippen molar-refractivity contribution < 1.29 is 14.3 Å². The number of benzene rings is 2. The second kappa shape index (κ2) is 9.15. The highest BCUT2D eigenvalue weighted by atomic mass is 32.2. The molecule has 3 aromatic rings. The number of carbonyl (C=O) groups excluding carboxylic acids is 2. The Morgan fingerprint density at radius 1 is 0.897 bits per heavy atom. The normalized spacial score (nSPS) is 11.0. The third kappa shape index (κ3) is 6.37. The minimum absolute atomic E-state index is 0.342. The van der Waals surface area contributed by atoms with Gasteiger partial charge in [0.15, 0.2) is 0 Å². The highest BCUT2D eigenvalue weighted by molar-refractivity contribution is 7.99. The second-order valence-corrected chi connectivity index (χ2v) is 9.25. The molecular weight excluding hydrogens is 404 g/mol. The van der Waals surface area contributed by atoms with E-state index in [1.54, 1.807) is 44.0 Å². The number of hydrogen-bond donors (Lipinski definition) is 2. The molecule has 0 radical (unpaired) electrons. The SMILES string of the molecule is CC(C)(C)OC(=O)c1ccsc1NC(=O)Nc1ccc(Sc2ccccc2)cc1. The fourth-order valence-electron chi connectivity index (χ4n) is 2.40. The van der Waals surface area contributed by atoms with Crippen LogP contribution >= 0.6 is 23.1 Å². The van der Waals surface area contributed by atoms with E-state index in [4.69, 9.17) is 4.74 Å². The second-order valence-electron chi connectivity index (χ2n) is 7.18. The molecule has 2 N–H and O–H groups in total. The molecule has 0 aliphatic carbocycles. The lowest BCUT2D eigenvalue weighted by Crippen LogP contribution is -2.25. The summed E-state index contributed by atoms with van der Waals surface area (Å²) in [6, 6.07) is 18.9. The monoisotopic (exact) mass is 426 g/mol. The molecule has 0 saturated heterocycles. The van der Waals surface area contributed by atoms with Crippen molar-refractivity contribution in [3.05, 3.63) is 71.6 Å². The first-order valence-corrected chi connectivity index (χ1v) is 10.7. The zero-order valence-corrected chi connectivity index (χ0v) is 18.0. The van der Waals surface area contributed by atoms with Crippen molar-refractivity contribution in [2.75, 3.05) is 10.6 Å². The van der Waals surface area contributed by atoms with Gasteiger partial charge in [-0.15, -0.1) is 11.3 Å². The summed E-state index contributed by atoms with van der Waals surface area (Å²) >= 11 is 2.92. The largest absolute Gasteiger partial charge is 0.456 e. The van der Waals surface area contributed by atoms with Crippen LogP contribution in [0.4, 0.5) is 15.5 Å². The molecule has 0 atom stereocenters. The van der Waals surface area contributed by atoms with Gasteiger partial charge < -0.3 is 10.1 Å². The summed E-state index contributed by atoms with van der Waals surface area (Å²) in [4.78, 5) is 26.9. The van der Waals surface area contributed by atoms with Crippen LogP contribution in [0, 0.1) is 0 Å². The van der Waals surface area contributed by atoms with Gasteiger partial charge >= 0.3 is 12.0 Å². The molecule has 0 aliphatic rings. The van der Waals surface area contributed by atoms with Crippen LogP contribution in [0.15, 0.2) is 75.8 Å². The van der Waals surface area contributed by atoms with Crippen molar-refractivity contribution in [2.24, 2.45) is 0 Å². The number of hydrogen-bond acceptors (Lipinski definition) is 5. The fourth-order valence-corrected chi connectivity index (χ4v) is 4.00. The smallest absolute Gasteiger partial charge is 0.341 e. The standard InChI is InChI=1S/C22H22N2O3S2/c1-22(2,3)27-20(25)18-13-14-28-19(18)24-21(26)23-15-9-11-17(12-10-15)29-16-7-5-4-6-8-16/h4-14H,1-3H3,(H2,23,24,26). The predicted molar refractivity (Wildman–Crippen MR) is 119 cm³/mol. The van der Waals surface area contributed by atoms with Crippen molar-refractivity contribution >= 4 is 45.8 Å². The molecule has 1 aromatic heterocycles. The van der Waals surface area contributed by atoms with Crippen LogP contribution in [0.5, 0.6) is 0 Å². The van der Waals surface area contributed by atoms with Crippen molar-refractivity contribution in [2.45, 2.75) is 36.2 Å². The molecule has 2 amide bonds. The zero-order valence-electron chi connectivity index (χ0n) is 16.4. The molecule has 0 saturated carbocycles. The first-order valence-electron chi connectivity index (χ1n) is 9.02. The lowest BCUT2D eigenvalue weighted by molar-refractivity contribution is 0.00713. The van der Waals surface area contributed by atoms with Gasteiger partial charge in [-0.05, 0) is 68.6 Å². The third-order valence-electron chi connectivity index (χ3n) is 3.60. The summed E-state index contributed by atoms with van der Waals surface area (Å²) in [6.45, 7) is 5.41. The Morgan fingerprint density at radius 3 is 2.21 bits per heavy atom. The quantitative estimate of drug-likeness (QED) is 0.457. The van der Waals surface area contributed by atoms with E-state index in [9.17, 15) is 9.59 Å². The van der Waals surface area contributed by atoms with Crippen LogP contribution in [0.25, 0.3) is 0 Å². The van der Waals surface area contributed by atoms with Crippen molar-refractivity contribution in [1.29, 1.82) is 0 Å². The molecule has 7 heteroatoms. The van der Waals surface area contributed by atoms with Crippen LogP contribution in [0.3, 0.4) is 0 Å². The molecule has 29 heavy (non-hydrogen) atoms. The summed E-state index contributed by atoms with van der Waals surface area (Å²) in [7, 11) is 0. The average Bonchev–Trinajstić information content (AvgIpc) is 3.11. The van der Waals surface area contributed by atoms with Gasteiger partial charge in [-0.25, -0.2) is 9.59 Å². The number of rotatable bonds is 5. The predicted octanol–water partition coefficient (Wildman–Crippen LogP) is 6.50. The van der Waals surface area contributed by atoms with E-state index in [1.165, 1.54) is 11.3 Å². The van der Waals surface area contributed by atoms with Gasteiger partial charge in [0.1, 0.15) is 10.6 Å². The van der Waals surface area contributed by atoms with E-state index in [2.05, 4.69) is 10.6 Å². The molecule has 1 heterocycles.